The topological polar surface area (TPSA) is 27.1 Å². The van der Waals surface area contributed by atoms with Crippen molar-refractivity contribution in [3.63, 3.8) is 0 Å². The van der Waals surface area contributed by atoms with Crippen molar-refractivity contribution in [2.75, 3.05) is 7.11 Å². The van der Waals surface area contributed by atoms with Gasteiger partial charge in [-0.05, 0) is 30.3 Å². The molecule has 0 unspecified atom stereocenters. The molecule has 0 aliphatic heterocycles. The van der Waals surface area contributed by atoms with E-state index in [-0.39, 0.29) is 0 Å². The lowest BCUT2D eigenvalue weighted by molar-refractivity contribution is 0.413. The second kappa shape index (κ2) is 5.35. The van der Waals surface area contributed by atoms with Crippen LogP contribution in [0.1, 0.15) is 5.82 Å². The predicted molar refractivity (Wildman–Crippen MR) is 82.2 cm³/mol. The van der Waals surface area contributed by atoms with Gasteiger partial charge in [0.25, 0.3) is 0 Å². The number of hydrogen-bond acceptors (Lipinski definition) is 2. The number of nitrogens with zero attached hydrogens (tertiary/aromatic N) is 2. The lowest BCUT2D eigenvalue weighted by Crippen LogP contribution is -2.01. The summed E-state index contributed by atoms with van der Waals surface area (Å²) in [4.78, 5) is 4.54. The van der Waals surface area contributed by atoms with Gasteiger partial charge >= 0.3 is 0 Å². The SMILES string of the molecule is COc1ccccc1-n1c(CCl)nc2ccc(Cl)cc21. The maximum Gasteiger partial charge on any atom is 0.142 e. The van der Waals surface area contributed by atoms with E-state index in [1.807, 2.05) is 47.0 Å². The van der Waals surface area contributed by atoms with Gasteiger partial charge in [0.1, 0.15) is 11.6 Å². The third kappa shape index (κ3) is 2.13. The molecule has 0 amide bonds. The first-order valence-corrected chi connectivity index (χ1v) is 7.02. The minimum Gasteiger partial charge on any atom is -0.495 e. The van der Waals surface area contributed by atoms with Gasteiger partial charge in [0.2, 0.25) is 0 Å². The largest absolute Gasteiger partial charge is 0.495 e. The van der Waals surface area contributed by atoms with Crippen LogP contribution >= 0.6 is 23.2 Å². The molecule has 0 fully saturated rings. The highest BCUT2D eigenvalue weighted by Crippen LogP contribution is 2.30. The summed E-state index contributed by atoms with van der Waals surface area (Å²) >= 11 is 12.1. The van der Waals surface area contributed by atoms with Crippen molar-refractivity contribution in [1.29, 1.82) is 0 Å². The summed E-state index contributed by atoms with van der Waals surface area (Å²) in [6, 6.07) is 13.3. The third-order valence-electron chi connectivity index (χ3n) is 3.13. The van der Waals surface area contributed by atoms with Gasteiger partial charge in [-0.25, -0.2) is 4.98 Å². The summed E-state index contributed by atoms with van der Waals surface area (Å²) in [5.74, 6) is 1.83. The minimum atomic E-state index is 0.310. The van der Waals surface area contributed by atoms with Gasteiger partial charge in [-0.1, -0.05) is 23.7 Å². The Morgan fingerprint density at radius 2 is 2.00 bits per heavy atom. The normalized spacial score (nSPS) is 10.9. The van der Waals surface area contributed by atoms with E-state index in [0.717, 1.165) is 28.3 Å². The van der Waals surface area contributed by atoms with Gasteiger partial charge < -0.3 is 4.74 Å². The molecule has 0 atom stereocenters. The number of aromatic nitrogens is 2. The van der Waals surface area contributed by atoms with E-state index in [1.165, 1.54) is 0 Å². The molecule has 0 radical (unpaired) electrons. The van der Waals surface area contributed by atoms with Crippen LogP contribution in [0.4, 0.5) is 0 Å². The molecule has 1 heterocycles. The number of methoxy groups -OCH3 is 1. The molecule has 2 aromatic carbocycles. The molecule has 0 aliphatic carbocycles. The Labute approximate surface area is 126 Å². The first kappa shape index (κ1) is 13.3. The van der Waals surface area contributed by atoms with E-state index in [9.17, 15) is 0 Å². The molecule has 5 heteroatoms. The Morgan fingerprint density at radius 3 is 2.75 bits per heavy atom. The maximum absolute atomic E-state index is 6.10. The van der Waals surface area contributed by atoms with Crippen LogP contribution in [0.2, 0.25) is 5.02 Å². The van der Waals surface area contributed by atoms with Crippen molar-refractivity contribution in [3.8, 4) is 11.4 Å². The summed E-state index contributed by atoms with van der Waals surface area (Å²) in [5, 5.41) is 0.662. The number of rotatable bonds is 3. The quantitative estimate of drug-likeness (QED) is 0.669. The Hall–Kier alpha value is -1.71. The van der Waals surface area contributed by atoms with Gasteiger partial charge in [-0.15, -0.1) is 11.6 Å². The third-order valence-corrected chi connectivity index (χ3v) is 3.61. The van der Waals surface area contributed by atoms with Crippen molar-refractivity contribution in [2.24, 2.45) is 0 Å². The average Bonchev–Trinajstić information content (AvgIpc) is 2.84. The van der Waals surface area contributed by atoms with Gasteiger partial charge in [-0.3, -0.25) is 4.57 Å². The summed E-state index contributed by atoms with van der Waals surface area (Å²) in [6.45, 7) is 0. The molecule has 20 heavy (non-hydrogen) atoms. The smallest absolute Gasteiger partial charge is 0.142 e. The summed E-state index contributed by atoms with van der Waals surface area (Å²) < 4.78 is 7.40. The van der Waals surface area contributed by atoms with Crippen molar-refractivity contribution in [3.05, 3.63) is 53.3 Å². The van der Waals surface area contributed by atoms with E-state index < -0.39 is 0 Å². The fourth-order valence-electron chi connectivity index (χ4n) is 2.27. The molecule has 3 rings (SSSR count). The summed E-state index contributed by atoms with van der Waals surface area (Å²) in [7, 11) is 1.64. The summed E-state index contributed by atoms with van der Waals surface area (Å²) in [6.07, 6.45) is 0. The molecule has 3 nitrogen and oxygen atoms in total. The standard InChI is InChI=1S/C15H12Cl2N2O/c1-20-14-5-3-2-4-12(14)19-13-8-10(17)6-7-11(13)18-15(19)9-16/h2-8H,9H2,1H3. The molecule has 102 valence electrons. The van der Waals surface area contributed by atoms with Crippen LogP contribution in [0.25, 0.3) is 16.7 Å². The van der Waals surface area contributed by atoms with Crippen LogP contribution in [0.15, 0.2) is 42.5 Å². The molecule has 3 aromatic rings. The number of alkyl halides is 1. The fourth-order valence-corrected chi connectivity index (χ4v) is 2.62. The van der Waals surface area contributed by atoms with Gasteiger partial charge in [-0.2, -0.15) is 0 Å². The monoisotopic (exact) mass is 306 g/mol. The molecule has 1 aromatic heterocycles. The molecular formula is C15H12Cl2N2O. The van der Waals surface area contributed by atoms with E-state index >= 15 is 0 Å². The van der Waals surface area contributed by atoms with Gasteiger partial charge in [0, 0.05) is 5.02 Å². The molecular weight excluding hydrogens is 295 g/mol. The maximum atomic E-state index is 6.10. The fraction of sp³-hybridized carbons (Fsp3) is 0.133. The lowest BCUT2D eigenvalue weighted by atomic mass is 10.2. The van der Waals surface area contributed by atoms with Crippen LogP contribution in [-0.4, -0.2) is 16.7 Å². The minimum absolute atomic E-state index is 0.310. The van der Waals surface area contributed by atoms with Crippen LogP contribution in [0.3, 0.4) is 0 Å². The highest BCUT2D eigenvalue weighted by Gasteiger charge is 2.15. The zero-order valence-corrected chi connectivity index (χ0v) is 12.3. The molecule has 0 bridgehead atoms. The summed E-state index contributed by atoms with van der Waals surface area (Å²) in [5.41, 5.74) is 2.67. The van der Waals surface area contributed by atoms with Crippen molar-refractivity contribution in [1.82, 2.24) is 9.55 Å². The molecule has 0 saturated carbocycles. The average molecular weight is 307 g/mol. The number of para-hydroxylation sites is 2. The van der Waals surface area contributed by atoms with Crippen molar-refractivity contribution in [2.45, 2.75) is 5.88 Å². The second-order valence-corrected chi connectivity index (χ2v) is 5.01. The van der Waals surface area contributed by atoms with E-state index in [2.05, 4.69) is 4.98 Å². The van der Waals surface area contributed by atoms with Crippen molar-refractivity contribution < 1.29 is 4.74 Å². The first-order valence-electron chi connectivity index (χ1n) is 6.11. The first-order chi connectivity index (χ1) is 9.74. The van der Waals surface area contributed by atoms with Crippen LogP contribution in [0.5, 0.6) is 5.75 Å². The van der Waals surface area contributed by atoms with Crippen LogP contribution in [0, 0.1) is 0 Å². The second-order valence-electron chi connectivity index (χ2n) is 4.30. The Balaban J connectivity index is 2.36. The number of hydrogen-bond donors (Lipinski definition) is 0. The number of halogens is 2. The highest BCUT2D eigenvalue weighted by molar-refractivity contribution is 6.31. The Kier molecular flexibility index (Phi) is 3.55. The van der Waals surface area contributed by atoms with E-state index in [0.29, 0.717) is 10.9 Å². The highest BCUT2D eigenvalue weighted by atomic mass is 35.5. The number of fused-ring (bicyclic) bond motifs is 1. The van der Waals surface area contributed by atoms with E-state index in [4.69, 9.17) is 27.9 Å². The van der Waals surface area contributed by atoms with Gasteiger partial charge in [0.15, 0.2) is 0 Å². The van der Waals surface area contributed by atoms with Crippen LogP contribution < -0.4 is 4.74 Å². The molecule has 0 saturated heterocycles. The zero-order chi connectivity index (χ0) is 14.1. The number of benzene rings is 2. The van der Waals surface area contributed by atoms with Crippen LogP contribution in [-0.2, 0) is 5.88 Å². The Morgan fingerprint density at radius 1 is 1.20 bits per heavy atom. The predicted octanol–water partition coefficient (Wildman–Crippen LogP) is 4.43. The number of ether oxygens (including phenoxy) is 1. The lowest BCUT2D eigenvalue weighted by Gasteiger charge is -2.12. The van der Waals surface area contributed by atoms with E-state index in [1.54, 1.807) is 7.11 Å². The Bertz CT molecular complexity index is 768. The molecule has 0 aliphatic rings. The zero-order valence-electron chi connectivity index (χ0n) is 10.8. The molecule has 0 N–H and O–H groups in total. The van der Waals surface area contributed by atoms with Crippen molar-refractivity contribution >= 4 is 34.2 Å². The van der Waals surface area contributed by atoms with Gasteiger partial charge in [0.05, 0.1) is 29.7 Å². The number of imidazole rings is 1. The molecule has 0 spiro atoms.